The van der Waals surface area contributed by atoms with Crippen molar-refractivity contribution in [1.82, 2.24) is 25.5 Å². The Morgan fingerprint density at radius 1 is 1.11 bits per heavy atom. The van der Waals surface area contributed by atoms with Gasteiger partial charge in [-0.25, -0.2) is 4.98 Å². The molecular weight excluding hydrogens is 494 g/mol. The molecule has 1 saturated heterocycles. The first-order valence-corrected chi connectivity index (χ1v) is 15.9. The van der Waals surface area contributed by atoms with Gasteiger partial charge >= 0.3 is 0 Å². The summed E-state index contributed by atoms with van der Waals surface area (Å²) in [5, 5.41) is 7.04. The van der Waals surface area contributed by atoms with Crippen LogP contribution in [0.15, 0.2) is 11.6 Å². The summed E-state index contributed by atoms with van der Waals surface area (Å²) >= 11 is 1.45. The Balaban J connectivity index is 1.04. The Morgan fingerprint density at radius 3 is 2.55 bits per heavy atom. The summed E-state index contributed by atoms with van der Waals surface area (Å²) in [6.07, 6.45) is 16.6. The van der Waals surface area contributed by atoms with Gasteiger partial charge in [0.25, 0.3) is 11.8 Å². The van der Waals surface area contributed by atoms with Gasteiger partial charge in [0.2, 0.25) is 0 Å². The van der Waals surface area contributed by atoms with E-state index in [-0.39, 0.29) is 17.4 Å². The van der Waals surface area contributed by atoms with Crippen molar-refractivity contribution < 1.29 is 9.59 Å². The van der Waals surface area contributed by atoms with E-state index in [2.05, 4.69) is 26.7 Å². The molecule has 0 aromatic carbocycles. The van der Waals surface area contributed by atoms with E-state index in [1.807, 2.05) is 11.8 Å². The number of rotatable bonds is 7. The number of aryl methyl sites for hydroxylation is 1. The van der Waals surface area contributed by atoms with Crippen LogP contribution >= 0.6 is 11.3 Å². The number of piperidine rings is 1. The van der Waals surface area contributed by atoms with Crippen molar-refractivity contribution in [1.29, 1.82) is 0 Å². The number of fused-ring (bicyclic) bond motifs is 2. The smallest absolute Gasteiger partial charge is 0.267 e. The molecule has 2 aromatic rings. The van der Waals surface area contributed by atoms with Gasteiger partial charge in [0, 0.05) is 43.8 Å². The van der Waals surface area contributed by atoms with Crippen molar-refractivity contribution in [3.63, 3.8) is 0 Å². The monoisotopic (exact) mass is 539 g/mol. The lowest BCUT2D eigenvalue weighted by Gasteiger charge is -2.39. The molecular formula is C30H45N5O2S. The average molecular weight is 540 g/mol. The lowest BCUT2D eigenvalue weighted by molar-refractivity contribution is 0.0689. The standard InChI is InChI=1S/C30H45N5O2S/c1-22-27(38-21-32-22)29(37)35-18-12-23(13-19-35)10-6-9-16-31-28(36)26-20-24-25(34-26)11-17-33-30(24)14-7-4-2-3-5-8-15-30/h20-21,23,33-34H,2-19H2,1H3,(H,31,36). The third-order valence-electron chi connectivity index (χ3n) is 9.12. The van der Waals surface area contributed by atoms with Gasteiger partial charge in [-0.1, -0.05) is 51.4 Å². The van der Waals surface area contributed by atoms with Crippen LogP contribution < -0.4 is 10.6 Å². The summed E-state index contributed by atoms with van der Waals surface area (Å²) in [6, 6.07) is 2.15. The number of carbonyl (C=O) groups is 2. The Kier molecular flexibility index (Phi) is 9.20. The molecule has 1 saturated carbocycles. The molecule has 1 aliphatic carbocycles. The summed E-state index contributed by atoms with van der Waals surface area (Å²) < 4.78 is 0. The predicted molar refractivity (Wildman–Crippen MR) is 153 cm³/mol. The number of carbonyl (C=O) groups excluding carboxylic acids is 2. The average Bonchev–Trinajstić information content (AvgIpc) is 3.58. The minimum atomic E-state index is 0.0304. The molecule has 0 atom stereocenters. The maximum absolute atomic E-state index is 13.0. The first kappa shape index (κ1) is 27.4. The van der Waals surface area contributed by atoms with Gasteiger partial charge < -0.3 is 20.5 Å². The van der Waals surface area contributed by atoms with Crippen molar-refractivity contribution in [2.75, 3.05) is 26.2 Å². The normalized spacial score (nSPS) is 20.4. The van der Waals surface area contributed by atoms with Crippen molar-refractivity contribution in [3.05, 3.63) is 39.1 Å². The van der Waals surface area contributed by atoms with E-state index in [1.54, 1.807) is 5.51 Å². The molecule has 3 aliphatic rings. The molecule has 208 valence electrons. The Morgan fingerprint density at radius 2 is 1.84 bits per heavy atom. The highest BCUT2D eigenvalue weighted by atomic mass is 32.1. The number of aromatic amines is 1. The third-order valence-corrected chi connectivity index (χ3v) is 10.0. The zero-order chi connectivity index (χ0) is 26.4. The second-order valence-electron chi connectivity index (χ2n) is 11.7. The van der Waals surface area contributed by atoms with Crippen LogP contribution in [0.5, 0.6) is 0 Å². The quantitative estimate of drug-likeness (QED) is 0.393. The van der Waals surface area contributed by atoms with E-state index in [0.29, 0.717) is 12.5 Å². The van der Waals surface area contributed by atoms with Gasteiger partial charge in [-0.3, -0.25) is 9.59 Å². The van der Waals surface area contributed by atoms with Gasteiger partial charge in [-0.05, 0) is 56.6 Å². The van der Waals surface area contributed by atoms with Crippen LogP contribution in [0.4, 0.5) is 0 Å². The maximum atomic E-state index is 13.0. The topological polar surface area (TPSA) is 90.1 Å². The second-order valence-corrected chi connectivity index (χ2v) is 12.6. The summed E-state index contributed by atoms with van der Waals surface area (Å²) in [7, 11) is 0. The molecule has 8 heteroatoms. The molecule has 4 heterocycles. The van der Waals surface area contributed by atoms with Crippen molar-refractivity contribution in [3.8, 4) is 0 Å². The van der Waals surface area contributed by atoms with Gasteiger partial charge in [0.1, 0.15) is 10.6 Å². The van der Waals surface area contributed by atoms with E-state index in [4.69, 9.17) is 0 Å². The first-order chi connectivity index (χ1) is 18.6. The van der Waals surface area contributed by atoms with Crippen LogP contribution in [0.2, 0.25) is 0 Å². The molecule has 3 N–H and O–H groups in total. The van der Waals surface area contributed by atoms with Crippen molar-refractivity contribution in [2.24, 2.45) is 5.92 Å². The van der Waals surface area contributed by atoms with Gasteiger partial charge in [0.15, 0.2) is 0 Å². The Labute approximate surface area is 231 Å². The molecule has 5 rings (SSSR count). The fraction of sp³-hybridized carbons (Fsp3) is 0.700. The highest BCUT2D eigenvalue weighted by molar-refractivity contribution is 7.11. The highest BCUT2D eigenvalue weighted by Gasteiger charge is 2.37. The number of hydrogen-bond donors (Lipinski definition) is 3. The van der Waals surface area contributed by atoms with Crippen molar-refractivity contribution in [2.45, 2.75) is 102 Å². The zero-order valence-corrected chi connectivity index (χ0v) is 23.9. The number of nitrogens with zero attached hydrogens (tertiary/aromatic N) is 2. The summed E-state index contributed by atoms with van der Waals surface area (Å²) in [5.74, 6) is 0.843. The molecule has 0 bridgehead atoms. The van der Waals surface area contributed by atoms with Gasteiger partial charge in [0.05, 0.1) is 11.2 Å². The molecule has 2 aliphatic heterocycles. The van der Waals surface area contributed by atoms with Crippen LogP contribution in [0.25, 0.3) is 0 Å². The van der Waals surface area contributed by atoms with Crippen LogP contribution in [0, 0.1) is 12.8 Å². The number of hydrogen-bond acceptors (Lipinski definition) is 5. The summed E-state index contributed by atoms with van der Waals surface area (Å²) in [5.41, 5.74) is 5.99. The number of aromatic nitrogens is 2. The van der Waals surface area contributed by atoms with Crippen LogP contribution in [0.1, 0.15) is 121 Å². The molecule has 2 aromatic heterocycles. The third kappa shape index (κ3) is 6.33. The number of likely N-dealkylation sites (tertiary alicyclic amines) is 1. The highest BCUT2D eigenvalue weighted by Crippen LogP contribution is 2.39. The number of unbranched alkanes of at least 4 members (excludes halogenated alkanes) is 1. The maximum Gasteiger partial charge on any atom is 0.267 e. The largest absolute Gasteiger partial charge is 0.354 e. The molecule has 7 nitrogen and oxygen atoms in total. The fourth-order valence-electron chi connectivity index (χ4n) is 6.83. The van der Waals surface area contributed by atoms with Crippen LogP contribution in [-0.2, 0) is 12.0 Å². The number of thiazole rings is 1. The zero-order valence-electron chi connectivity index (χ0n) is 23.1. The lowest BCUT2D eigenvalue weighted by atomic mass is 9.78. The SMILES string of the molecule is Cc1ncsc1C(=O)N1CCC(CCCCNC(=O)c2cc3c([nH]2)CCNC32CCCCCCCC2)CC1. The molecule has 0 unspecified atom stereocenters. The van der Waals surface area contributed by atoms with Gasteiger partial charge in [-0.2, -0.15) is 0 Å². The van der Waals surface area contributed by atoms with E-state index in [1.165, 1.54) is 80.4 Å². The van der Waals surface area contributed by atoms with Crippen LogP contribution in [-0.4, -0.2) is 52.9 Å². The Bertz CT molecular complexity index is 1070. The summed E-state index contributed by atoms with van der Waals surface area (Å²) in [4.78, 5) is 36.2. The predicted octanol–water partition coefficient (Wildman–Crippen LogP) is 5.71. The second kappa shape index (κ2) is 12.8. The molecule has 2 amide bonds. The minimum Gasteiger partial charge on any atom is -0.354 e. The molecule has 1 spiro atoms. The van der Waals surface area contributed by atoms with E-state index < -0.39 is 0 Å². The lowest BCUT2D eigenvalue weighted by Crippen LogP contribution is -2.47. The van der Waals surface area contributed by atoms with E-state index in [0.717, 1.165) is 68.0 Å². The Hall–Kier alpha value is -2.19. The number of H-pyrrole nitrogens is 1. The van der Waals surface area contributed by atoms with E-state index >= 15 is 0 Å². The fourth-order valence-corrected chi connectivity index (χ4v) is 7.60. The summed E-state index contributed by atoms with van der Waals surface area (Å²) in [6.45, 7) is 5.30. The number of amides is 2. The molecule has 0 radical (unpaired) electrons. The van der Waals surface area contributed by atoms with Crippen LogP contribution in [0.3, 0.4) is 0 Å². The first-order valence-electron chi connectivity index (χ1n) is 15.0. The molecule has 2 fully saturated rings. The van der Waals surface area contributed by atoms with E-state index in [9.17, 15) is 9.59 Å². The minimum absolute atomic E-state index is 0.0304. The van der Waals surface area contributed by atoms with Gasteiger partial charge in [-0.15, -0.1) is 11.3 Å². The molecule has 38 heavy (non-hydrogen) atoms. The number of nitrogens with one attached hydrogen (secondary N) is 3. The van der Waals surface area contributed by atoms with Crippen molar-refractivity contribution >= 4 is 23.2 Å².